The highest BCUT2D eigenvalue weighted by atomic mass is 19.1. The molecule has 2 atom stereocenters. The fourth-order valence-corrected chi connectivity index (χ4v) is 3.25. The molecule has 1 aromatic carbocycles. The third-order valence-corrected chi connectivity index (χ3v) is 4.47. The molecule has 21 heavy (non-hydrogen) atoms. The lowest BCUT2D eigenvalue weighted by Gasteiger charge is -2.46. The summed E-state index contributed by atoms with van der Waals surface area (Å²) in [7, 11) is 0. The van der Waals surface area contributed by atoms with Gasteiger partial charge >= 0.3 is 0 Å². The van der Waals surface area contributed by atoms with Gasteiger partial charge < -0.3 is 14.5 Å². The minimum atomic E-state index is -0.317. The van der Waals surface area contributed by atoms with E-state index in [0.717, 1.165) is 26.1 Å². The summed E-state index contributed by atoms with van der Waals surface area (Å²) < 4.78 is 18.8. The summed E-state index contributed by atoms with van der Waals surface area (Å²) in [6.07, 6.45) is 1.03. The Kier molecular flexibility index (Phi) is 4.22. The number of hydrogen-bond acceptors (Lipinski definition) is 3. The lowest BCUT2D eigenvalue weighted by atomic mass is 9.97. The Morgan fingerprint density at radius 1 is 1.33 bits per heavy atom. The summed E-state index contributed by atoms with van der Waals surface area (Å²) >= 11 is 0. The maximum Gasteiger partial charge on any atom is 0.254 e. The first-order valence-electron chi connectivity index (χ1n) is 7.59. The summed E-state index contributed by atoms with van der Waals surface area (Å²) in [4.78, 5) is 16.9. The maximum absolute atomic E-state index is 13.0. The molecule has 0 bridgehead atoms. The number of piperidine rings is 1. The van der Waals surface area contributed by atoms with Gasteiger partial charge in [-0.1, -0.05) is 6.92 Å². The van der Waals surface area contributed by atoms with E-state index in [4.69, 9.17) is 4.74 Å². The highest BCUT2D eigenvalue weighted by molar-refractivity contribution is 5.94. The summed E-state index contributed by atoms with van der Waals surface area (Å²) in [5, 5.41) is 0. The molecule has 1 aromatic rings. The molecule has 5 heteroatoms. The quantitative estimate of drug-likeness (QED) is 0.833. The Balaban J connectivity index is 1.75. The van der Waals surface area contributed by atoms with Crippen molar-refractivity contribution in [2.24, 2.45) is 0 Å². The van der Waals surface area contributed by atoms with Crippen molar-refractivity contribution in [3.63, 3.8) is 0 Å². The number of benzene rings is 1. The molecule has 0 saturated carbocycles. The molecule has 114 valence electrons. The van der Waals surface area contributed by atoms with Crippen molar-refractivity contribution < 1.29 is 13.9 Å². The van der Waals surface area contributed by atoms with Gasteiger partial charge in [-0.05, 0) is 37.2 Å². The lowest BCUT2D eigenvalue weighted by molar-refractivity contribution is -0.0912. The summed E-state index contributed by atoms with van der Waals surface area (Å²) in [5.74, 6) is -0.332. The Labute approximate surface area is 124 Å². The average molecular weight is 292 g/mol. The number of fused-ring (bicyclic) bond motifs is 1. The number of rotatable bonds is 2. The van der Waals surface area contributed by atoms with E-state index >= 15 is 0 Å². The van der Waals surface area contributed by atoms with E-state index in [1.807, 2.05) is 4.90 Å². The molecule has 0 radical (unpaired) electrons. The van der Waals surface area contributed by atoms with Crippen molar-refractivity contribution >= 4 is 5.91 Å². The second-order valence-corrected chi connectivity index (χ2v) is 5.66. The normalized spacial score (nSPS) is 26.5. The van der Waals surface area contributed by atoms with E-state index in [1.54, 1.807) is 12.1 Å². The van der Waals surface area contributed by atoms with Crippen LogP contribution in [0.25, 0.3) is 0 Å². The molecule has 0 spiro atoms. The molecule has 3 rings (SSSR count). The van der Waals surface area contributed by atoms with Gasteiger partial charge in [0.25, 0.3) is 5.91 Å². The van der Waals surface area contributed by atoms with Crippen LogP contribution in [0.3, 0.4) is 0 Å². The fourth-order valence-electron chi connectivity index (χ4n) is 3.25. The van der Waals surface area contributed by atoms with Crippen LogP contribution < -0.4 is 0 Å². The van der Waals surface area contributed by atoms with E-state index in [0.29, 0.717) is 18.7 Å². The van der Waals surface area contributed by atoms with Crippen LogP contribution in [-0.4, -0.2) is 60.6 Å². The molecule has 0 N–H and O–H groups in total. The van der Waals surface area contributed by atoms with E-state index in [9.17, 15) is 9.18 Å². The van der Waals surface area contributed by atoms with Gasteiger partial charge in [-0.15, -0.1) is 0 Å². The highest BCUT2D eigenvalue weighted by Crippen LogP contribution is 2.24. The van der Waals surface area contributed by atoms with Crippen LogP contribution in [-0.2, 0) is 4.74 Å². The number of morpholine rings is 1. The van der Waals surface area contributed by atoms with Crippen molar-refractivity contribution in [2.75, 3.05) is 32.8 Å². The molecule has 4 nitrogen and oxygen atoms in total. The average Bonchev–Trinajstić information content (AvgIpc) is 2.53. The molecule has 2 saturated heterocycles. The van der Waals surface area contributed by atoms with Gasteiger partial charge in [0.15, 0.2) is 0 Å². The number of hydrogen-bond donors (Lipinski definition) is 0. The zero-order valence-electron chi connectivity index (χ0n) is 12.3. The van der Waals surface area contributed by atoms with E-state index in [-0.39, 0.29) is 23.9 Å². The predicted molar refractivity (Wildman–Crippen MR) is 77.7 cm³/mol. The number of carbonyl (C=O) groups is 1. The number of halogens is 1. The molecule has 0 aromatic heterocycles. The van der Waals surface area contributed by atoms with E-state index in [1.165, 1.54) is 12.1 Å². The first-order valence-corrected chi connectivity index (χ1v) is 7.59. The van der Waals surface area contributed by atoms with Crippen molar-refractivity contribution in [3.05, 3.63) is 35.6 Å². The summed E-state index contributed by atoms with van der Waals surface area (Å²) in [6.45, 7) is 6.22. The van der Waals surface area contributed by atoms with Crippen LogP contribution in [0.15, 0.2) is 24.3 Å². The zero-order valence-corrected chi connectivity index (χ0v) is 12.3. The number of ether oxygens (including phenoxy) is 1. The molecule has 1 amide bonds. The fraction of sp³-hybridized carbons (Fsp3) is 0.562. The topological polar surface area (TPSA) is 32.8 Å². The Hall–Kier alpha value is -1.46. The van der Waals surface area contributed by atoms with Gasteiger partial charge in [0.2, 0.25) is 0 Å². The molecule has 2 aliphatic heterocycles. The molecular formula is C16H21FN2O2. The minimum Gasteiger partial charge on any atom is -0.373 e. The summed E-state index contributed by atoms with van der Waals surface area (Å²) in [6, 6.07) is 5.93. The van der Waals surface area contributed by atoms with Crippen molar-refractivity contribution in [3.8, 4) is 0 Å². The number of likely N-dealkylation sites (N-methyl/N-ethyl adjacent to an activating group) is 1. The van der Waals surface area contributed by atoms with Gasteiger partial charge in [-0.2, -0.15) is 0 Å². The van der Waals surface area contributed by atoms with E-state index in [2.05, 4.69) is 11.8 Å². The molecule has 2 aliphatic rings. The van der Waals surface area contributed by atoms with Gasteiger partial charge in [-0.25, -0.2) is 4.39 Å². The minimum absolute atomic E-state index is 0.0155. The highest BCUT2D eigenvalue weighted by Gasteiger charge is 2.38. The van der Waals surface area contributed by atoms with Crippen LogP contribution in [0, 0.1) is 5.82 Å². The molecule has 0 unspecified atom stereocenters. The molecule has 0 aliphatic carbocycles. The molecule has 2 fully saturated rings. The number of nitrogens with zero attached hydrogens (tertiary/aromatic N) is 2. The van der Waals surface area contributed by atoms with Crippen molar-refractivity contribution in [1.82, 2.24) is 9.80 Å². The van der Waals surface area contributed by atoms with Gasteiger partial charge in [-0.3, -0.25) is 4.79 Å². The Bertz CT molecular complexity index is 506. The monoisotopic (exact) mass is 292 g/mol. The number of likely N-dealkylation sites (tertiary alicyclic amines) is 1. The van der Waals surface area contributed by atoms with Crippen LogP contribution in [0.2, 0.25) is 0 Å². The summed E-state index contributed by atoms with van der Waals surface area (Å²) in [5.41, 5.74) is 0.551. The van der Waals surface area contributed by atoms with Crippen LogP contribution in [0.5, 0.6) is 0 Å². The van der Waals surface area contributed by atoms with Crippen LogP contribution in [0.4, 0.5) is 4.39 Å². The van der Waals surface area contributed by atoms with Crippen molar-refractivity contribution in [2.45, 2.75) is 25.5 Å². The lowest BCUT2D eigenvalue weighted by Crippen LogP contribution is -2.60. The number of amides is 1. The van der Waals surface area contributed by atoms with Gasteiger partial charge in [0.05, 0.1) is 18.8 Å². The van der Waals surface area contributed by atoms with Gasteiger partial charge in [0, 0.05) is 25.2 Å². The van der Waals surface area contributed by atoms with Crippen LogP contribution >= 0.6 is 0 Å². The predicted octanol–water partition coefficient (Wildman–Crippen LogP) is 1.76. The second-order valence-electron chi connectivity index (χ2n) is 5.66. The molecular weight excluding hydrogens is 271 g/mol. The largest absolute Gasteiger partial charge is 0.373 e. The maximum atomic E-state index is 13.0. The van der Waals surface area contributed by atoms with Gasteiger partial charge in [0.1, 0.15) is 5.82 Å². The van der Waals surface area contributed by atoms with Crippen LogP contribution in [0.1, 0.15) is 23.7 Å². The van der Waals surface area contributed by atoms with Crippen molar-refractivity contribution in [1.29, 1.82) is 0 Å². The Morgan fingerprint density at radius 2 is 2.10 bits per heavy atom. The second kappa shape index (κ2) is 6.12. The Morgan fingerprint density at radius 3 is 2.81 bits per heavy atom. The first-order chi connectivity index (χ1) is 10.2. The third-order valence-electron chi connectivity index (χ3n) is 4.47. The molecule has 2 heterocycles. The zero-order chi connectivity index (χ0) is 14.8. The standard InChI is InChI=1S/C16H21FN2O2/c1-2-18-8-7-14-15(11-18)21-10-9-19(14)16(20)12-3-5-13(17)6-4-12/h3-6,14-15H,2,7-11H2,1H3/t14-,15-/m1/s1. The SMILES string of the molecule is CCN1CC[C@@H]2[C@@H](C1)OCCN2C(=O)c1ccc(F)cc1. The smallest absolute Gasteiger partial charge is 0.254 e. The van der Waals surface area contributed by atoms with E-state index < -0.39 is 0 Å². The first kappa shape index (κ1) is 14.5. The number of carbonyl (C=O) groups excluding carboxylic acids is 1. The third kappa shape index (κ3) is 2.94.